The molecule has 2 aromatic carbocycles. The molecule has 0 bridgehead atoms. The number of piperazine rings is 1. The number of hydrogen-bond donors (Lipinski definition) is 2. The molecule has 1 saturated heterocycles. The van der Waals surface area contributed by atoms with Crippen LogP contribution in [0.2, 0.25) is 0 Å². The summed E-state index contributed by atoms with van der Waals surface area (Å²) >= 11 is 0. The van der Waals surface area contributed by atoms with Crippen LogP contribution < -0.4 is 10.2 Å². The lowest BCUT2D eigenvalue weighted by Crippen LogP contribution is -3.15. The summed E-state index contributed by atoms with van der Waals surface area (Å²) in [7, 11) is 0. The van der Waals surface area contributed by atoms with Crippen LogP contribution in [0.3, 0.4) is 0 Å². The predicted octanol–water partition coefficient (Wildman–Crippen LogP) is 1.11. The summed E-state index contributed by atoms with van der Waals surface area (Å²) in [4.78, 5) is 37.8. The Balaban J connectivity index is 1.48. The van der Waals surface area contributed by atoms with Crippen LogP contribution in [0.4, 0.5) is 15.8 Å². The largest absolute Gasteiger partial charge is 0.328 e. The molecule has 3 rings (SSSR count). The molecule has 8 nitrogen and oxygen atoms in total. The van der Waals surface area contributed by atoms with Crippen LogP contribution in [0.1, 0.15) is 5.56 Å². The van der Waals surface area contributed by atoms with Crippen LogP contribution in [0.25, 0.3) is 6.08 Å². The third-order valence-corrected chi connectivity index (χ3v) is 4.86. The second-order valence-electron chi connectivity index (χ2n) is 6.96. The number of nitrogens with zero attached hydrogens (tertiary/aromatic N) is 2. The van der Waals surface area contributed by atoms with E-state index in [0.717, 1.165) is 4.90 Å². The average Bonchev–Trinajstić information content (AvgIpc) is 2.74. The lowest BCUT2D eigenvalue weighted by atomic mass is 10.1. The van der Waals surface area contributed by atoms with Crippen molar-refractivity contribution >= 4 is 29.3 Å². The molecule has 0 aromatic heterocycles. The summed E-state index contributed by atoms with van der Waals surface area (Å²) in [5.41, 5.74) is 0.857. The third kappa shape index (κ3) is 5.71. The highest BCUT2D eigenvalue weighted by molar-refractivity contribution is 5.92. The van der Waals surface area contributed by atoms with Gasteiger partial charge in [-0.05, 0) is 36.4 Å². The second-order valence-corrected chi connectivity index (χ2v) is 6.96. The second kappa shape index (κ2) is 9.75. The molecule has 2 amide bonds. The van der Waals surface area contributed by atoms with Gasteiger partial charge in [-0.25, -0.2) is 4.39 Å². The Morgan fingerprint density at radius 1 is 1.13 bits per heavy atom. The number of carbonyl (C=O) groups is 2. The number of quaternary nitrogens is 1. The number of hydrogen-bond acceptors (Lipinski definition) is 4. The summed E-state index contributed by atoms with van der Waals surface area (Å²) in [6, 6.07) is 11.8. The Labute approximate surface area is 172 Å². The molecule has 0 saturated carbocycles. The Bertz CT molecular complexity index is 954. The van der Waals surface area contributed by atoms with Crippen molar-refractivity contribution in [1.82, 2.24) is 4.90 Å². The topological polar surface area (TPSA) is 97.0 Å². The number of benzene rings is 2. The minimum Gasteiger partial charge on any atom is -0.328 e. The first-order chi connectivity index (χ1) is 14.4. The van der Waals surface area contributed by atoms with Crippen molar-refractivity contribution in [2.75, 3.05) is 38.0 Å². The van der Waals surface area contributed by atoms with Crippen LogP contribution in [-0.2, 0) is 9.59 Å². The molecule has 1 heterocycles. The van der Waals surface area contributed by atoms with E-state index in [-0.39, 0.29) is 29.9 Å². The van der Waals surface area contributed by atoms with Crippen molar-refractivity contribution in [3.05, 3.63) is 76.1 Å². The van der Waals surface area contributed by atoms with Gasteiger partial charge in [0.25, 0.3) is 11.6 Å². The molecule has 2 N–H and O–H groups in total. The summed E-state index contributed by atoms with van der Waals surface area (Å²) in [6.07, 6.45) is 2.80. The van der Waals surface area contributed by atoms with Gasteiger partial charge in [-0.3, -0.25) is 19.7 Å². The van der Waals surface area contributed by atoms with Crippen molar-refractivity contribution in [2.24, 2.45) is 0 Å². The van der Waals surface area contributed by atoms with Gasteiger partial charge in [-0.15, -0.1) is 0 Å². The molecule has 0 unspecified atom stereocenters. The smallest absolute Gasteiger partial charge is 0.279 e. The van der Waals surface area contributed by atoms with Crippen LogP contribution in [0.5, 0.6) is 0 Å². The van der Waals surface area contributed by atoms with Crippen LogP contribution >= 0.6 is 0 Å². The fourth-order valence-electron chi connectivity index (χ4n) is 3.25. The number of halogens is 1. The van der Waals surface area contributed by atoms with E-state index < -0.39 is 4.92 Å². The number of rotatable bonds is 6. The van der Waals surface area contributed by atoms with E-state index in [2.05, 4.69) is 5.32 Å². The molecule has 2 aromatic rings. The predicted molar refractivity (Wildman–Crippen MR) is 109 cm³/mol. The van der Waals surface area contributed by atoms with Crippen LogP contribution in [0.15, 0.2) is 54.6 Å². The van der Waals surface area contributed by atoms with Gasteiger partial charge in [0.1, 0.15) is 5.82 Å². The molecular formula is C21H22FN4O4+. The van der Waals surface area contributed by atoms with Gasteiger partial charge in [0.05, 0.1) is 36.7 Å². The van der Waals surface area contributed by atoms with Gasteiger partial charge in [0.15, 0.2) is 6.54 Å². The number of anilines is 1. The van der Waals surface area contributed by atoms with Gasteiger partial charge in [0.2, 0.25) is 5.91 Å². The average molecular weight is 413 g/mol. The molecule has 1 aliphatic rings. The Morgan fingerprint density at radius 3 is 2.47 bits per heavy atom. The SMILES string of the molecule is O=C(C[NH+]1CCN(C(=O)/C=C/c2ccccc2[N+](=O)[O-])CC1)Nc1ccc(F)cc1. The Morgan fingerprint density at radius 2 is 1.80 bits per heavy atom. The highest BCUT2D eigenvalue weighted by Crippen LogP contribution is 2.19. The molecule has 1 aliphatic heterocycles. The fourth-order valence-corrected chi connectivity index (χ4v) is 3.25. The normalized spacial score (nSPS) is 14.6. The van der Waals surface area contributed by atoms with E-state index in [4.69, 9.17) is 0 Å². The lowest BCUT2D eigenvalue weighted by Gasteiger charge is -2.31. The molecule has 156 valence electrons. The molecule has 0 atom stereocenters. The summed E-state index contributed by atoms with van der Waals surface area (Å²) in [6.45, 7) is 2.45. The summed E-state index contributed by atoms with van der Waals surface area (Å²) in [5, 5.41) is 13.8. The monoisotopic (exact) mass is 413 g/mol. The number of para-hydroxylation sites is 1. The van der Waals surface area contributed by atoms with Crippen molar-refractivity contribution < 1.29 is 23.8 Å². The van der Waals surface area contributed by atoms with Gasteiger partial charge in [-0.2, -0.15) is 0 Å². The number of amides is 2. The quantitative estimate of drug-likeness (QED) is 0.421. The Hall–Kier alpha value is -3.59. The maximum Gasteiger partial charge on any atom is 0.279 e. The van der Waals surface area contributed by atoms with Gasteiger partial charge < -0.3 is 15.1 Å². The number of nitro groups is 1. The van der Waals surface area contributed by atoms with Crippen molar-refractivity contribution in [3.63, 3.8) is 0 Å². The van der Waals surface area contributed by atoms with Crippen molar-refractivity contribution in [1.29, 1.82) is 0 Å². The maximum atomic E-state index is 12.9. The van der Waals surface area contributed by atoms with Gasteiger partial charge >= 0.3 is 0 Å². The summed E-state index contributed by atoms with van der Waals surface area (Å²) in [5.74, 6) is -0.758. The van der Waals surface area contributed by atoms with E-state index in [1.54, 1.807) is 23.1 Å². The Kier molecular flexibility index (Phi) is 6.87. The third-order valence-electron chi connectivity index (χ3n) is 4.86. The first kappa shape index (κ1) is 21.1. The highest BCUT2D eigenvalue weighted by atomic mass is 19.1. The molecule has 1 fully saturated rings. The van der Waals surface area contributed by atoms with Crippen LogP contribution in [0, 0.1) is 15.9 Å². The number of nitro benzene ring substituents is 1. The minimum atomic E-state index is -0.483. The highest BCUT2D eigenvalue weighted by Gasteiger charge is 2.24. The molecule has 0 aliphatic carbocycles. The maximum absolute atomic E-state index is 12.9. The molecule has 0 spiro atoms. The standard InChI is InChI=1S/C21H21FN4O4/c22-17-6-8-18(9-7-17)23-20(27)15-24-11-13-25(14-12-24)21(28)10-5-16-3-1-2-4-19(16)26(29)30/h1-10H,11-15H2,(H,23,27)/p+1/b10-5+. The first-order valence-corrected chi connectivity index (χ1v) is 9.52. The first-order valence-electron chi connectivity index (χ1n) is 9.52. The summed E-state index contributed by atoms with van der Waals surface area (Å²) < 4.78 is 12.9. The molecule has 30 heavy (non-hydrogen) atoms. The number of carbonyl (C=O) groups excluding carboxylic acids is 2. The van der Waals surface area contributed by atoms with E-state index in [1.165, 1.54) is 42.5 Å². The zero-order valence-corrected chi connectivity index (χ0v) is 16.2. The molecular weight excluding hydrogens is 391 g/mol. The van der Waals surface area contributed by atoms with E-state index >= 15 is 0 Å². The minimum absolute atomic E-state index is 0.0528. The van der Waals surface area contributed by atoms with Crippen molar-refractivity contribution in [2.45, 2.75) is 0 Å². The zero-order chi connectivity index (χ0) is 21.5. The van der Waals surface area contributed by atoms with Gasteiger partial charge in [-0.1, -0.05) is 12.1 Å². The van der Waals surface area contributed by atoms with E-state index in [0.29, 0.717) is 37.4 Å². The van der Waals surface area contributed by atoms with Crippen molar-refractivity contribution in [3.8, 4) is 0 Å². The van der Waals surface area contributed by atoms with E-state index in [9.17, 15) is 24.1 Å². The fraction of sp³-hybridized carbons (Fsp3) is 0.238. The van der Waals surface area contributed by atoms with Gasteiger partial charge in [0, 0.05) is 17.8 Å². The molecule has 0 radical (unpaired) electrons. The zero-order valence-electron chi connectivity index (χ0n) is 16.2. The lowest BCUT2D eigenvalue weighted by molar-refractivity contribution is -0.895. The number of nitrogens with one attached hydrogen (secondary N) is 2. The van der Waals surface area contributed by atoms with E-state index in [1.807, 2.05) is 0 Å². The van der Waals surface area contributed by atoms with Crippen LogP contribution in [-0.4, -0.2) is 54.4 Å². The molecule has 9 heteroatoms.